The number of hydrogen-bond acceptors (Lipinski definition) is 5. The first-order chi connectivity index (χ1) is 14.9. The summed E-state index contributed by atoms with van der Waals surface area (Å²) in [4.78, 5) is 35.9. The van der Waals surface area contributed by atoms with Crippen LogP contribution in [0.3, 0.4) is 0 Å². The van der Waals surface area contributed by atoms with Crippen molar-refractivity contribution in [1.29, 1.82) is 0 Å². The molecule has 1 N–H and O–H groups in total. The van der Waals surface area contributed by atoms with E-state index in [-0.39, 0.29) is 17.7 Å². The number of halogens is 1. The van der Waals surface area contributed by atoms with Crippen molar-refractivity contribution in [2.45, 2.75) is 26.7 Å². The molecule has 0 bridgehead atoms. The Balaban J connectivity index is 1.35. The van der Waals surface area contributed by atoms with Crippen LogP contribution in [0.4, 0.5) is 5.82 Å². The molecule has 31 heavy (non-hydrogen) atoms. The molecule has 1 aliphatic rings. The van der Waals surface area contributed by atoms with Gasteiger partial charge in [-0.1, -0.05) is 35.4 Å². The molecule has 1 fully saturated rings. The van der Waals surface area contributed by atoms with Crippen LogP contribution >= 0.6 is 22.9 Å². The molecule has 160 valence electrons. The standard InChI is InChI=1S/C23H23ClN4O2S/c1-14-3-5-18(15(2)11-14)22-26-19(13-31-22)23(30)28-9-7-16(8-10-28)21(29)27-20-6-4-17(24)12-25-20/h3-6,11-13,16H,7-10H2,1-2H3,(H,25,27,29). The summed E-state index contributed by atoms with van der Waals surface area (Å²) in [5.41, 5.74) is 3.87. The third kappa shape index (κ3) is 4.94. The lowest BCUT2D eigenvalue weighted by Gasteiger charge is -2.30. The summed E-state index contributed by atoms with van der Waals surface area (Å²) < 4.78 is 0. The summed E-state index contributed by atoms with van der Waals surface area (Å²) >= 11 is 7.31. The minimum atomic E-state index is -0.150. The average Bonchev–Trinajstić information content (AvgIpc) is 3.25. The summed E-state index contributed by atoms with van der Waals surface area (Å²) in [6.07, 6.45) is 2.72. The first-order valence-corrected chi connectivity index (χ1v) is 11.4. The van der Waals surface area contributed by atoms with Crippen molar-refractivity contribution in [3.63, 3.8) is 0 Å². The molecule has 3 heterocycles. The van der Waals surface area contributed by atoms with Crippen molar-refractivity contribution < 1.29 is 9.59 Å². The van der Waals surface area contributed by atoms with Crippen molar-refractivity contribution in [2.24, 2.45) is 5.92 Å². The van der Waals surface area contributed by atoms with Gasteiger partial charge in [-0.15, -0.1) is 11.3 Å². The number of aromatic nitrogens is 2. The first-order valence-electron chi connectivity index (χ1n) is 10.2. The van der Waals surface area contributed by atoms with E-state index in [1.54, 1.807) is 17.0 Å². The number of thiazole rings is 1. The summed E-state index contributed by atoms with van der Waals surface area (Å²) in [5, 5.41) is 6.02. The predicted molar refractivity (Wildman–Crippen MR) is 124 cm³/mol. The van der Waals surface area contributed by atoms with E-state index in [0.717, 1.165) is 16.1 Å². The SMILES string of the molecule is Cc1ccc(-c2nc(C(=O)N3CCC(C(=O)Nc4ccc(Cl)cn4)CC3)cs2)c(C)c1. The zero-order valence-electron chi connectivity index (χ0n) is 17.4. The Morgan fingerprint density at radius 1 is 1.16 bits per heavy atom. The van der Waals surface area contributed by atoms with E-state index in [0.29, 0.717) is 42.5 Å². The maximum absolute atomic E-state index is 12.9. The number of nitrogens with one attached hydrogen (secondary N) is 1. The van der Waals surface area contributed by atoms with Crippen LogP contribution in [0.25, 0.3) is 10.6 Å². The molecule has 0 atom stereocenters. The average molecular weight is 455 g/mol. The number of likely N-dealkylation sites (tertiary alicyclic amines) is 1. The summed E-state index contributed by atoms with van der Waals surface area (Å²) in [5.74, 6) is 0.176. The van der Waals surface area contributed by atoms with Crippen LogP contribution < -0.4 is 5.32 Å². The maximum Gasteiger partial charge on any atom is 0.273 e. The fourth-order valence-corrected chi connectivity index (χ4v) is 4.73. The highest BCUT2D eigenvalue weighted by atomic mass is 35.5. The molecule has 0 saturated carbocycles. The third-order valence-corrected chi connectivity index (χ3v) is 6.57. The van der Waals surface area contributed by atoms with Gasteiger partial charge in [0.15, 0.2) is 0 Å². The summed E-state index contributed by atoms with van der Waals surface area (Å²) in [6, 6.07) is 9.59. The summed E-state index contributed by atoms with van der Waals surface area (Å²) in [6.45, 7) is 5.17. The predicted octanol–water partition coefficient (Wildman–Crippen LogP) is 4.97. The lowest BCUT2D eigenvalue weighted by atomic mass is 9.95. The van der Waals surface area contributed by atoms with Crippen molar-refractivity contribution in [3.8, 4) is 10.6 Å². The monoisotopic (exact) mass is 454 g/mol. The van der Waals surface area contributed by atoms with Gasteiger partial charge in [-0.05, 0) is 44.4 Å². The molecular weight excluding hydrogens is 432 g/mol. The molecule has 8 heteroatoms. The van der Waals surface area contributed by atoms with Crippen LogP contribution in [-0.2, 0) is 4.79 Å². The van der Waals surface area contributed by atoms with E-state index < -0.39 is 0 Å². The highest BCUT2D eigenvalue weighted by molar-refractivity contribution is 7.13. The number of benzene rings is 1. The van der Waals surface area contributed by atoms with Crippen LogP contribution in [0.15, 0.2) is 41.9 Å². The molecule has 2 amide bonds. The number of rotatable bonds is 4. The van der Waals surface area contributed by atoms with Gasteiger partial charge in [0, 0.05) is 36.1 Å². The molecule has 2 aromatic heterocycles. The molecule has 4 rings (SSSR count). The Hall–Kier alpha value is -2.77. The van der Waals surface area contributed by atoms with E-state index in [1.807, 2.05) is 5.38 Å². The molecular formula is C23H23ClN4O2S. The van der Waals surface area contributed by atoms with Gasteiger partial charge in [-0.3, -0.25) is 9.59 Å². The largest absolute Gasteiger partial charge is 0.337 e. The van der Waals surface area contributed by atoms with Gasteiger partial charge in [0.05, 0.1) is 5.02 Å². The molecule has 3 aromatic rings. The van der Waals surface area contributed by atoms with Gasteiger partial charge in [0.25, 0.3) is 5.91 Å². The Bertz CT molecular complexity index is 1110. The number of hydrogen-bond donors (Lipinski definition) is 1. The van der Waals surface area contributed by atoms with Gasteiger partial charge in [0.1, 0.15) is 16.5 Å². The minimum Gasteiger partial charge on any atom is -0.337 e. The molecule has 6 nitrogen and oxygen atoms in total. The van der Waals surface area contributed by atoms with Crippen molar-refractivity contribution >= 4 is 40.6 Å². The maximum atomic E-state index is 12.9. The Kier molecular flexibility index (Phi) is 6.34. The normalized spacial score (nSPS) is 14.5. The Labute approximate surface area is 190 Å². The molecule has 1 saturated heterocycles. The zero-order valence-corrected chi connectivity index (χ0v) is 19.0. The van der Waals surface area contributed by atoms with E-state index in [4.69, 9.17) is 11.6 Å². The van der Waals surface area contributed by atoms with Crippen LogP contribution in [0.1, 0.15) is 34.5 Å². The Morgan fingerprint density at radius 2 is 1.94 bits per heavy atom. The van der Waals surface area contributed by atoms with Crippen LogP contribution in [0.5, 0.6) is 0 Å². The van der Waals surface area contributed by atoms with Crippen LogP contribution in [-0.4, -0.2) is 39.8 Å². The topological polar surface area (TPSA) is 75.2 Å². The van der Waals surface area contributed by atoms with Gasteiger partial charge in [-0.2, -0.15) is 0 Å². The van der Waals surface area contributed by atoms with Crippen molar-refractivity contribution in [1.82, 2.24) is 14.9 Å². The fraction of sp³-hybridized carbons (Fsp3) is 0.304. The lowest BCUT2D eigenvalue weighted by molar-refractivity contribution is -0.121. The third-order valence-electron chi connectivity index (χ3n) is 5.47. The number of aryl methyl sites for hydroxylation is 2. The zero-order chi connectivity index (χ0) is 22.0. The molecule has 0 radical (unpaired) electrons. The van der Waals surface area contributed by atoms with Crippen LogP contribution in [0.2, 0.25) is 5.02 Å². The van der Waals surface area contributed by atoms with Crippen molar-refractivity contribution in [3.05, 3.63) is 63.8 Å². The number of carbonyl (C=O) groups is 2. The number of carbonyl (C=O) groups excluding carboxylic acids is 2. The quantitative estimate of drug-likeness (QED) is 0.604. The van der Waals surface area contributed by atoms with Gasteiger partial charge in [-0.25, -0.2) is 9.97 Å². The molecule has 0 aliphatic carbocycles. The first kappa shape index (κ1) is 21.5. The fourth-order valence-electron chi connectivity index (χ4n) is 3.73. The number of nitrogens with zero attached hydrogens (tertiary/aromatic N) is 3. The van der Waals surface area contributed by atoms with E-state index in [1.165, 1.54) is 23.1 Å². The Morgan fingerprint density at radius 3 is 2.61 bits per heavy atom. The van der Waals surface area contributed by atoms with Gasteiger partial charge >= 0.3 is 0 Å². The number of amides is 2. The lowest BCUT2D eigenvalue weighted by Crippen LogP contribution is -2.41. The number of piperidine rings is 1. The molecule has 0 spiro atoms. The number of anilines is 1. The second-order valence-electron chi connectivity index (χ2n) is 7.77. The highest BCUT2D eigenvalue weighted by Crippen LogP contribution is 2.28. The highest BCUT2D eigenvalue weighted by Gasteiger charge is 2.29. The molecule has 1 aliphatic heterocycles. The van der Waals surface area contributed by atoms with Crippen molar-refractivity contribution in [2.75, 3.05) is 18.4 Å². The smallest absolute Gasteiger partial charge is 0.273 e. The van der Waals surface area contributed by atoms with Gasteiger partial charge < -0.3 is 10.2 Å². The molecule has 1 aromatic carbocycles. The van der Waals surface area contributed by atoms with E-state index >= 15 is 0 Å². The molecule has 0 unspecified atom stereocenters. The summed E-state index contributed by atoms with van der Waals surface area (Å²) in [7, 11) is 0. The van der Waals surface area contributed by atoms with Crippen LogP contribution in [0, 0.1) is 19.8 Å². The second kappa shape index (κ2) is 9.16. The van der Waals surface area contributed by atoms with Gasteiger partial charge in [0.2, 0.25) is 5.91 Å². The minimum absolute atomic E-state index is 0.0762. The second-order valence-corrected chi connectivity index (χ2v) is 9.07. The van der Waals surface area contributed by atoms with E-state index in [9.17, 15) is 9.59 Å². The number of pyridine rings is 1. The van der Waals surface area contributed by atoms with E-state index in [2.05, 4.69) is 47.3 Å².